The Kier molecular flexibility index (Phi) is 5.80. The van der Waals surface area contributed by atoms with Crippen molar-refractivity contribution in [1.29, 1.82) is 0 Å². The molecule has 0 amide bonds. The monoisotopic (exact) mass is 280 g/mol. The van der Waals surface area contributed by atoms with E-state index in [4.69, 9.17) is 4.74 Å². The van der Waals surface area contributed by atoms with E-state index in [2.05, 4.69) is 17.1 Å². The molecule has 1 fully saturated rings. The first-order valence-electron chi connectivity index (χ1n) is 7.51. The van der Waals surface area contributed by atoms with Crippen LogP contribution in [0.5, 0.6) is 5.75 Å². The van der Waals surface area contributed by atoms with E-state index in [9.17, 15) is 4.39 Å². The fraction of sp³-hybridized carbons (Fsp3) is 0.625. The van der Waals surface area contributed by atoms with E-state index in [0.29, 0.717) is 18.3 Å². The molecule has 112 valence electrons. The third-order valence-electron chi connectivity index (χ3n) is 3.93. The van der Waals surface area contributed by atoms with E-state index in [0.717, 1.165) is 31.6 Å². The third-order valence-corrected chi connectivity index (χ3v) is 3.93. The summed E-state index contributed by atoms with van der Waals surface area (Å²) in [6.45, 7) is 5.98. The van der Waals surface area contributed by atoms with Crippen LogP contribution in [-0.4, -0.2) is 37.7 Å². The number of hydrogen-bond acceptors (Lipinski definition) is 3. The van der Waals surface area contributed by atoms with Gasteiger partial charge in [0.1, 0.15) is 11.6 Å². The number of hydrogen-bond donors (Lipinski definition) is 1. The van der Waals surface area contributed by atoms with Crippen LogP contribution in [-0.2, 0) is 6.54 Å². The minimum Gasteiger partial charge on any atom is -0.497 e. The lowest BCUT2D eigenvalue weighted by atomic mass is 10.0. The molecule has 20 heavy (non-hydrogen) atoms. The molecule has 0 saturated carbocycles. The molecule has 1 aromatic carbocycles. The molecule has 1 N–H and O–H groups in total. The average molecular weight is 280 g/mol. The highest BCUT2D eigenvalue weighted by molar-refractivity contribution is 5.28. The minimum absolute atomic E-state index is 0.172. The van der Waals surface area contributed by atoms with Gasteiger partial charge in [-0.05, 0) is 38.4 Å². The lowest BCUT2D eigenvalue weighted by Gasteiger charge is -2.34. The number of methoxy groups -OCH3 is 1. The fourth-order valence-electron chi connectivity index (χ4n) is 2.83. The topological polar surface area (TPSA) is 24.5 Å². The van der Waals surface area contributed by atoms with Crippen molar-refractivity contribution in [2.45, 2.75) is 38.8 Å². The van der Waals surface area contributed by atoms with Crippen LogP contribution in [0.3, 0.4) is 0 Å². The van der Waals surface area contributed by atoms with Crippen molar-refractivity contribution < 1.29 is 9.13 Å². The molecule has 2 rings (SSSR count). The standard InChI is InChI=1S/C16H25FN2O/c1-3-9-19(14-5-4-8-18-11-14)12-13-6-7-15(20-2)10-16(13)17/h6-7,10,14,18H,3-5,8-9,11-12H2,1-2H3. The van der Waals surface area contributed by atoms with Crippen LogP contribution in [0.2, 0.25) is 0 Å². The minimum atomic E-state index is -0.172. The van der Waals surface area contributed by atoms with Crippen molar-refractivity contribution in [3.05, 3.63) is 29.6 Å². The maximum absolute atomic E-state index is 14.1. The molecule has 3 nitrogen and oxygen atoms in total. The van der Waals surface area contributed by atoms with Gasteiger partial charge < -0.3 is 10.1 Å². The molecular formula is C16H25FN2O. The van der Waals surface area contributed by atoms with Gasteiger partial charge >= 0.3 is 0 Å². The van der Waals surface area contributed by atoms with E-state index >= 15 is 0 Å². The molecule has 4 heteroatoms. The van der Waals surface area contributed by atoms with Gasteiger partial charge in [-0.1, -0.05) is 13.0 Å². The molecule has 0 aliphatic carbocycles. The zero-order valence-corrected chi connectivity index (χ0v) is 12.5. The highest BCUT2D eigenvalue weighted by Crippen LogP contribution is 2.20. The quantitative estimate of drug-likeness (QED) is 0.867. The van der Waals surface area contributed by atoms with Crippen LogP contribution in [0.1, 0.15) is 31.7 Å². The Hall–Kier alpha value is -1.13. The first-order chi connectivity index (χ1) is 9.74. The first kappa shape index (κ1) is 15.3. The molecule has 0 bridgehead atoms. The van der Waals surface area contributed by atoms with E-state index in [1.54, 1.807) is 7.11 Å². The van der Waals surface area contributed by atoms with E-state index in [1.807, 2.05) is 12.1 Å². The van der Waals surface area contributed by atoms with Gasteiger partial charge in [0, 0.05) is 30.8 Å². The summed E-state index contributed by atoms with van der Waals surface area (Å²) >= 11 is 0. The zero-order chi connectivity index (χ0) is 14.4. The Morgan fingerprint density at radius 2 is 2.30 bits per heavy atom. The summed E-state index contributed by atoms with van der Waals surface area (Å²) in [4.78, 5) is 2.40. The number of nitrogens with zero attached hydrogens (tertiary/aromatic N) is 1. The highest BCUT2D eigenvalue weighted by atomic mass is 19.1. The summed E-state index contributed by atoms with van der Waals surface area (Å²) in [7, 11) is 1.56. The van der Waals surface area contributed by atoms with E-state index in [1.165, 1.54) is 18.9 Å². The summed E-state index contributed by atoms with van der Waals surface area (Å²) in [5.41, 5.74) is 0.754. The van der Waals surface area contributed by atoms with Gasteiger partial charge in [0.2, 0.25) is 0 Å². The maximum atomic E-state index is 14.1. The smallest absolute Gasteiger partial charge is 0.131 e. The van der Waals surface area contributed by atoms with Gasteiger partial charge in [-0.3, -0.25) is 4.90 Å². The predicted molar refractivity (Wildman–Crippen MR) is 79.5 cm³/mol. The molecule has 1 saturated heterocycles. The molecule has 1 heterocycles. The van der Waals surface area contributed by atoms with Crippen molar-refractivity contribution >= 4 is 0 Å². The van der Waals surface area contributed by atoms with Crippen LogP contribution in [0, 0.1) is 5.82 Å². The molecule has 1 aliphatic rings. The van der Waals surface area contributed by atoms with Gasteiger partial charge in [-0.2, -0.15) is 0 Å². The molecule has 0 spiro atoms. The molecule has 0 aromatic heterocycles. The molecular weight excluding hydrogens is 255 g/mol. The first-order valence-corrected chi connectivity index (χ1v) is 7.51. The number of rotatable bonds is 6. The second-order valence-electron chi connectivity index (χ2n) is 5.43. The predicted octanol–water partition coefficient (Wildman–Crippen LogP) is 2.80. The lowest BCUT2D eigenvalue weighted by molar-refractivity contribution is 0.156. The Bertz CT molecular complexity index is 419. The van der Waals surface area contributed by atoms with Crippen LogP contribution in [0.4, 0.5) is 4.39 Å². The second kappa shape index (κ2) is 7.60. The Morgan fingerprint density at radius 3 is 2.90 bits per heavy atom. The second-order valence-corrected chi connectivity index (χ2v) is 5.43. The number of benzene rings is 1. The zero-order valence-electron chi connectivity index (χ0n) is 12.5. The number of ether oxygens (including phenoxy) is 1. The van der Waals surface area contributed by atoms with Crippen molar-refractivity contribution in [1.82, 2.24) is 10.2 Å². The number of piperidine rings is 1. The van der Waals surface area contributed by atoms with Crippen LogP contribution < -0.4 is 10.1 Å². The van der Waals surface area contributed by atoms with Crippen molar-refractivity contribution in [2.75, 3.05) is 26.7 Å². The van der Waals surface area contributed by atoms with Gasteiger partial charge in [-0.15, -0.1) is 0 Å². The van der Waals surface area contributed by atoms with Crippen molar-refractivity contribution in [3.63, 3.8) is 0 Å². The molecule has 1 aliphatic heterocycles. The van der Waals surface area contributed by atoms with E-state index in [-0.39, 0.29) is 5.82 Å². The summed E-state index contributed by atoms with van der Waals surface area (Å²) < 4.78 is 19.1. The van der Waals surface area contributed by atoms with Gasteiger partial charge in [0.25, 0.3) is 0 Å². The highest BCUT2D eigenvalue weighted by Gasteiger charge is 2.21. The van der Waals surface area contributed by atoms with Gasteiger partial charge in [-0.25, -0.2) is 4.39 Å². The summed E-state index contributed by atoms with van der Waals surface area (Å²) in [5.74, 6) is 0.404. The molecule has 0 radical (unpaired) electrons. The number of nitrogens with one attached hydrogen (secondary N) is 1. The lowest BCUT2D eigenvalue weighted by Crippen LogP contribution is -2.46. The summed E-state index contributed by atoms with van der Waals surface area (Å²) in [5, 5.41) is 3.44. The van der Waals surface area contributed by atoms with Crippen molar-refractivity contribution in [2.24, 2.45) is 0 Å². The normalized spacial score (nSPS) is 19.3. The van der Waals surface area contributed by atoms with Crippen LogP contribution >= 0.6 is 0 Å². The number of halogens is 1. The van der Waals surface area contributed by atoms with Gasteiger partial charge in [0.05, 0.1) is 7.11 Å². The van der Waals surface area contributed by atoms with E-state index < -0.39 is 0 Å². The average Bonchev–Trinajstić information content (AvgIpc) is 2.49. The van der Waals surface area contributed by atoms with Crippen LogP contribution in [0.25, 0.3) is 0 Å². The largest absolute Gasteiger partial charge is 0.497 e. The van der Waals surface area contributed by atoms with Crippen LogP contribution in [0.15, 0.2) is 18.2 Å². The maximum Gasteiger partial charge on any atom is 0.131 e. The Morgan fingerprint density at radius 1 is 1.45 bits per heavy atom. The SMILES string of the molecule is CCCN(Cc1ccc(OC)cc1F)C1CCCNC1. The third kappa shape index (κ3) is 3.93. The Labute approximate surface area is 121 Å². The van der Waals surface area contributed by atoms with Crippen molar-refractivity contribution in [3.8, 4) is 5.75 Å². The molecule has 1 unspecified atom stereocenters. The molecule has 1 atom stereocenters. The molecule has 1 aromatic rings. The summed E-state index contributed by atoms with van der Waals surface area (Å²) in [6, 6.07) is 5.66. The summed E-state index contributed by atoms with van der Waals surface area (Å²) in [6.07, 6.45) is 3.50. The van der Waals surface area contributed by atoms with Gasteiger partial charge in [0.15, 0.2) is 0 Å². The fourth-order valence-corrected chi connectivity index (χ4v) is 2.83. The Balaban J connectivity index is 2.06.